The van der Waals surface area contributed by atoms with E-state index in [0.717, 1.165) is 5.56 Å². The van der Waals surface area contributed by atoms with E-state index < -0.39 is 5.97 Å². The first kappa shape index (κ1) is 10.4. The van der Waals surface area contributed by atoms with Crippen LogP contribution in [-0.4, -0.2) is 12.0 Å². The van der Waals surface area contributed by atoms with Gasteiger partial charge in [0.1, 0.15) is 0 Å². The summed E-state index contributed by atoms with van der Waals surface area (Å²) in [6.45, 7) is 0. The second kappa shape index (κ2) is 5.10. The zero-order valence-corrected chi connectivity index (χ0v) is 8.31. The minimum absolute atomic E-state index is 0.129. The van der Waals surface area contributed by atoms with Crippen LogP contribution in [0.2, 0.25) is 0 Å². The zero-order chi connectivity index (χ0) is 9.68. The molecule has 1 aromatic carbocycles. The molecule has 1 rings (SSSR count). The smallest absolute Gasteiger partial charge is 0.339 e. The molecule has 0 aliphatic heterocycles. The molecule has 70 valence electrons. The summed E-state index contributed by atoms with van der Waals surface area (Å²) in [5, 5.41) is 0. The van der Waals surface area contributed by atoms with Gasteiger partial charge in [0.15, 0.2) is 6.07 Å². The number of rotatable bonds is 3. The maximum Gasteiger partial charge on any atom is 0.339 e. The van der Waals surface area contributed by atoms with Crippen molar-refractivity contribution < 1.29 is 9.53 Å². The second-order valence-electron chi connectivity index (χ2n) is 2.37. The van der Waals surface area contributed by atoms with Gasteiger partial charge >= 0.3 is 5.97 Å². The summed E-state index contributed by atoms with van der Waals surface area (Å²) in [4.78, 5) is 11.1. The normalized spacial score (nSPS) is 9.69. The van der Waals surface area contributed by atoms with Gasteiger partial charge in [0.2, 0.25) is 0 Å². The molecule has 13 heavy (non-hydrogen) atoms. The minimum Gasteiger partial charge on any atom is -0.446 e. The first-order valence-corrected chi connectivity index (χ1v) is 4.73. The molecule has 0 aliphatic carbocycles. The average molecular weight is 219 g/mol. The van der Waals surface area contributed by atoms with Gasteiger partial charge in [-0.3, -0.25) is 0 Å². The van der Waals surface area contributed by atoms with Crippen molar-refractivity contribution in [3.63, 3.8) is 0 Å². The molecule has 2 nitrogen and oxygen atoms in total. The van der Waals surface area contributed by atoms with E-state index in [-0.39, 0.29) is 6.07 Å². The van der Waals surface area contributed by atoms with Crippen LogP contribution in [0.3, 0.4) is 0 Å². The number of ether oxygens (including phenoxy) is 1. The van der Waals surface area contributed by atoms with Crippen LogP contribution in [0.4, 0.5) is 0 Å². The summed E-state index contributed by atoms with van der Waals surface area (Å²) in [5.41, 5.74) is 1.44. The maximum atomic E-state index is 11.1. The van der Waals surface area contributed by atoms with Gasteiger partial charge in [0, 0.05) is 5.88 Å². The molecule has 0 spiro atoms. The molecule has 0 saturated carbocycles. The van der Waals surface area contributed by atoms with Gasteiger partial charge in [-0.1, -0.05) is 23.7 Å². The van der Waals surface area contributed by atoms with Crippen molar-refractivity contribution in [3.8, 4) is 0 Å². The van der Waals surface area contributed by atoms with Crippen molar-refractivity contribution in [2.75, 3.05) is 6.07 Å². The van der Waals surface area contributed by atoms with E-state index in [1.165, 1.54) is 0 Å². The van der Waals surface area contributed by atoms with Crippen LogP contribution in [0.5, 0.6) is 0 Å². The van der Waals surface area contributed by atoms with E-state index in [1.54, 1.807) is 24.3 Å². The monoisotopic (exact) mass is 218 g/mol. The minimum atomic E-state index is -0.420. The van der Waals surface area contributed by atoms with Crippen LogP contribution in [0, 0.1) is 0 Å². The lowest BCUT2D eigenvalue weighted by atomic mass is 10.1. The van der Waals surface area contributed by atoms with Gasteiger partial charge in [0.25, 0.3) is 0 Å². The lowest BCUT2D eigenvalue weighted by Gasteiger charge is -2.00. The van der Waals surface area contributed by atoms with E-state index in [1.807, 2.05) is 0 Å². The average Bonchev–Trinajstić information content (AvgIpc) is 2.18. The first-order valence-electron chi connectivity index (χ1n) is 3.66. The fraction of sp³-hybridized carbons (Fsp3) is 0.222. The Morgan fingerprint density at radius 2 is 1.85 bits per heavy atom. The molecular formula is C9H8Cl2O2. The lowest BCUT2D eigenvalue weighted by molar-refractivity contribution is 0.0574. The Bertz CT molecular complexity index is 282. The van der Waals surface area contributed by atoms with E-state index in [9.17, 15) is 4.79 Å². The molecule has 0 aromatic heterocycles. The molecular weight excluding hydrogens is 211 g/mol. The quantitative estimate of drug-likeness (QED) is 0.577. The molecule has 0 N–H and O–H groups in total. The van der Waals surface area contributed by atoms with Crippen molar-refractivity contribution in [2.24, 2.45) is 0 Å². The van der Waals surface area contributed by atoms with Gasteiger partial charge in [-0.25, -0.2) is 4.79 Å². The first-order chi connectivity index (χ1) is 6.27. The van der Waals surface area contributed by atoms with Crippen LogP contribution in [0.25, 0.3) is 0 Å². The van der Waals surface area contributed by atoms with E-state index >= 15 is 0 Å². The number of benzene rings is 1. The van der Waals surface area contributed by atoms with Crippen molar-refractivity contribution in [2.45, 2.75) is 5.88 Å². The summed E-state index contributed by atoms with van der Waals surface area (Å²) in [6, 6.07) is 6.74. The molecule has 0 fully saturated rings. The van der Waals surface area contributed by atoms with Crippen LogP contribution >= 0.6 is 23.2 Å². The Morgan fingerprint density at radius 1 is 1.23 bits per heavy atom. The van der Waals surface area contributed by atoms with Crippen LogP contribution in [-0.2, 0) is 10.6 Å². The molecule has 0 unspecified atom stereocenters. The number of esters is 1. The summed E-state index contributed by atoms with van der Waals surface area (Å²) >= 11 is 10.8. The van der Waals surface area contributed by atoms with Crippen molar-refractivity contribution in [1.82, 2.24) is 0 Å². The summed E-state index contributed by atoms with van der Waals surface area (Å²) in [6.07, 6.45) is 0. The largest absolute Gasteiger partial charge is 0.446 e. The standard InChI is InChI=1S/C9H8Cl2O2/c10-5-7-1-3-8(4-2-7)9(12)13-6-11/h1-4H,5-6H2. The Kier molecular flexibility index (Phi) is 4.06. The molecule has 4 heteroatoms. The molecule has 0 bridgehead atoms. The third-order valence-corrected chi connectivity index (χ3v) is 1.95. The highest BCUT2D eigenvalue weighted by Crippen LogP contribution is 2.08. The predicted molar refractivity (Wildman–Crippen MR) is 52.1 cm³/mol. The topological polar surface area (TPSA) is 26.3 Å². The van der Waals surface area contributed by atoms with E-state index in [2.05, 4.69) is 4.74 Å². The summed E-state index contributed by atoms with van der Waals surface area (Å²) < 4.78 is 4.59. The highest BCUT2D eigenvalue weighted by Gasteiger charge is 2.04. The Morgan fingerprint density at radius 3 is 2.31 bits per heavy atom. The SMILES string of the molecule is O=C(OCCl)c1ccc(CCl)cc1. The molecule has 0 saturated heterocycles. The van der Waals surface area contributed by atoms with Crippen LogP contribution < -0.4 is 0 Å². The summed E-state index contributed by atoms with van der Waals surface area (Å²) in [5.74, 6) is 0.0151. The highest BCUT2D eigenvalue weighted by molar-refractivity contribution is 6.18. The molecule has 1 aromatic rings. The Balaban J connectivity index is 2.74. The number of hydrogen-bond acceptors (Lipinski definition) is 2. The number of hydrogen-bond donors (Lipinski definition) is 0. The van der Waals surface area contributed by atoms with Gasteiger partial charge in [-0.15, -0.1) is 11.6 Å². The predicted octanol–water partition coefficient (Wildman–Crippen LogP) is 2.78. The number of alkyl halides is 2. The Hall–Kier alpha value is -0.730. The maximum absolute atomic E-state index is 11.1. The molecule has 0 radical (unpaired) electrons. The molecule has 0 amide bonds. The fourth-order valence-corrected chi connectivity index (χ4v) is 1.14. The number of halogens is 2. The number of carbonyl (C=O) groups excluding carboxylic acids is 1. The van der Waals surface area contributed by atoms with E-state index in [4.69, 9.17) is 23.2 Å². The molecule has 0 heterocycles. The highest BCUT2D eigenvalue weighted by atomic mass is 35.5. The molecule has 0 atom stereocenters. The summed E-state index contributed by atoms with van der Waals surface area (Å²) in [7, 11) is 0. The fourth-order valence-electron chi connectivity index (χ4n) is 0.863. The van der Waals surface area contributed by atoms with Crippen molar-refractivity contribution >= 4 is 29.2 Å². The van der Waals surface area contributed by atoms with Crippen molar-refractivity contribution in [1.29, 1.82) is 0 Å². The van der Waals surface area contributed by atoms with Gasteiger partial charge in [0.05, 0.1) is 5.56 Å². The third-order valence-electron chi connectivity index (χ3n) is 1.53. The van der Waals surface area contributed by atoms with E-state index in [0.29, 0.717) is 11.4 Å². The zero-order valence-electron chi connectivity index (χ0n) is 6.80. The number of carbonyl (C=O) groups is 1. The van der Waals surface area contributed by atoms with Crippen LogP contribution in [0.1, 0.15) is 15.9 Å². The van der Waals surface area contributed by atoms with Gasteiger partial charge in [-0.05, 0) is 17.7 Å². The van der Waals surface area contributed by atoms with Crippen LogP contribution in [0.15, 0.2) is 24.3 Å². The Labute approximate surface area is 86.4 Å². The lowest BCUT2D eigenvalue weighted by Crippen LogP contribution is -2.03. The second-order valence-corrected chi connectivity index (χ2v) is 2.86. The molecule has 0 aliphatic rings. The van der Waals surface area contributed by atoms with Gasteiger partial charge < -0.3 is 4.74 Å². The third kappa shape index (κ3) is 2.90. The van der Waals surface area contributed by atoms with Gasteiger partial charge in [-0.2, -0.15) is 0 Å². The van der Waals surface area contributed by atoms with Crippen molar-refractivity contribution in [3.05, 3.63) is 35.4 Å².